The van der Waals surface area contributed by atoms with Crippen molar-refractivity contribution in [3.63, 3.8) is 0 Å². The van der Waals surface area contributed by atoms with Gasteiger partial charge >= 0.3 is 6.18 Å². The molecule has 26 heavy (non-hydrogen) atoms. The summed E-state index contributed by atoms with van der Waals surface area (Å²) < 4.78 is 43.2. The number of nitrogens with zero attached hydrogens (tertiary/aromatic N) is 3. The molecule has 0 atom stereocenters. The first-order valence-electron chi connectivity index (χ1n) is 8.31. The number of aromatic nitrogens is 2. The first-order chi connectivity index (χ1) is 12.4. The van der Waals surface area contributed by atoms with Gasteiger partial charge in [0.1, 0.15) is 0 Å². The third-order valence-electron chi connectivity index (χ3n) is 4.21. The smallest absolute Gasteiger partial charge is 0.381 e. The van der Waals surface area contributed by atoms with Crippen molar-refractivity contribution in [2.75, 3.05) is 24.7 Å². The van der Waals surface area contributed by atoms with E-state index in [2.05, 4.69) is 9.97 Å². The van der Waals surface area contributed by atoms with Gasteiger partial charge < -0.3 is 9.64 Å². The van der Waals surface area contributed by atoms with E-state index in [1.165, 1.54) is 0 Å². The number of anilines is 2. The molecule has 1 aliphatic rings. The van der Waals surface area contributed by atoms with Crippen molar-refractivity contribution >= 4 is 17.4 Å². The van der Waals surface area contributed by atoms with Crippen molar-refractivity contribution in [1.82, 2.24) is 9.97 Å². The fraction of sp³-hybridized carbons (Fsp3) is 0.389. The second-order valence-electron chi connectivity index (χ2n) is 5.84. The van der Waals surface area contributed by atoms with Crippen LogP contribution in [-0.2, 0) is 17.3 Å². The fourth-order valence-electron chi connectivity index (χ4n) is 2.95. The van der Waals surface area contributed by atoms with Gasteiger partial charge in [0, 0.05) is 43.2 Å². The number of benzene rings is 1. The van der Waals surface area contributed by atoms with Crippen molar-refractivity contribution in [3.8, 4) is 0 Å². The SMILES string of the molecule is CCOCCC(=O)c1cccc2c1CCN2c1ncc(C(F)(F)F)cn1. The number of rotatable bonds is 6. The van der Waals surface area contributed by atoms with Crippen LogP contribution in [0.5, 0.6) is 0 Å². The second kappa shape index (κ2) is 7.41. The minimum absolute atomic E-state index is 0.00881. The highest BCUT2D eigenvalue weighted by Crippen LogP contribution is 2.36. The first kappa shape index (κ1) is 18.3. The molecule has 0 saturated heterocycles. The number of ether oxygens (including phenoxy) is 1. The van der Waals surface area contributed by atoms with Gasteiger partial charge in [0.25, 0.3) is 0 Å². The van der Waals surface area contributed by atoms with Crippen LogP contribution < -0.4 is 4.90 Å². The molecule has 2 heterocycles. The van der Waals surface area contributed by atoms with Gasteiger partial charge in [-0.15, -0.1) is 0 Å². The number of alkyl halides is 3. The van der Waals surface area contributed by atoms with Gasteiger partial charge in [0.2, 0.25) is 5.95 Å². The van der Waals surface area contributed by atoms with Crippen LogP contribution in [0.25, 0.3) is 0 Å². The van der Waals surface area contributed by atoms with Crippen LogP contribution in [0, 0.1) is 0 Å². The third-order valence-corrected chi connectivity index (χ3v) is 4.21. The largest absolute Gasteiger partial charge is 0.419 e. The summed E-state index contributed by atoms with van der Waals surface area (Å²) in [6.07, 6.45) is -2.02. The molecule has 3 rings (SSSR count). The predicted octanol–water partition coefficient (Wildman–Crippen LogP) is 3.80. The maximum absolute atomic E-state index is 12.7. The molecule has 0 aliphatic carbocycles. The topological polar surface area (TPSA) is 55.3 Å². The van der Waals surface area contributed by atoms with Crippen LogP contribution in [0.1, 0.15) is 34.8 Å². The van der Waals surface area contributed by atoms with Crippen LogP contribution in [0.2, 0.25) is 0 Å². The number of ketones is 1. The van der Waals surface area contributed by atoms with E-state index in [1.807, 2.05) is 13.0 Å². The Bertz CT molecular complexity index is 791. The van der Waals surface area contributed by atoms with Crippen molar-refractivity contribution < 1.29 is 22.7 Å². The Morgan fingerprint density at radius 1 is 1.27 bits per heavy atom. The van der Waals surface area contributed by atoms with Crippen molar-refractivity contribution in [2.45, 2.75) is 25.9 Å². The molecule has 2 aromatic rings. The van der Waals surface area contributed by atoms with Gasteiger partial charge in [0.15, 0.2) is 5.78 Å². The number of carbonyl (C=O) groups excluding carboxylic acids is 1. The van der Waals surface area contributed by atoms with Gasteiger partial charge in [-0.25, -0.2) is 9.97 Å². The van der Waals surface area contributed by atoms with Gasteiger partial charge in [-0.3, -0.25) is 4.79 Å². The number of Topliss-reactive ketones (excluding diaryl/α,β-unsaturated/α-hetero) is 1. The van der Waals surface area contributed by atoms with Crippen molar-refractivity contribution in [2.24, 2.45) is 0 Å². The summed E-state index contributed by atoms with van der Waals surface area (Å²) in [7, 11) is 0. The van der Waals surface area contributed by atoms with Gasteiger partial charge in [0.05, 0.1) is 12.2 Å². The molecule has 0 radical (unpaired) electrons. The summed E-state index contributed by atoms with van der Waals surface area (Å²) in [4.78, 5) is 21.9. The molecule has 0 spiro atoms. The Labute approximate surface area is 148 Å². The van der Waals surface area contributed by atoms with E-state index < -0.39 is 11.7 Å². The Morgan fingerprint density at radius 3 is 2.65 bits per heavy atom. The zero-order valence-electron chi connectivity index (χ0n) is 14.2. The van der Waals surface area contributed by atoms with E-state index in [4.69, 9.17) is 4.74 Å². The molecule has 0 unspecified atom stereocenters. The normalized spacial score (nSPS) is 13.8. The van der Waals surface area contributed by atoms with E-state index in [-0.39, 0.29) is 11.7 Å². The lowest BCUT2D eigenvalue weighted by molar-refractivity contribution is -0.138. The molecular formula is C18H18F3N3O2. The molecular weight excluding hydrogens is 347 g/mol. The molecule has 0 N–H and O–H groups in total. The number of halogens is 3. The van der Waals surface area contributed by atoms with Crippen LogP contribution in [0.4, 0.5) is 24.8 Å². The van der Waals surface area contributed by atoms with E-state index in [0.717, 1.165) is 23.6 Å². The Balaban J connectivity index is 1.84. The number of fused-ring (bicyclic) bond motifs is 1. The molecule has 1 aliphatic heterocycles. The molecule has 0 amide bonds. The van der Waals surface area contributed by atoms with Crippen LogP contribution in [0.3, 0.4) is 0 Å². The fourth-order valence-corrected chi connectivity index (χ4v) is 2.95. The summed E-state index contributed by atoms with van der Waals surface area (Å²) in [6.45, 7) is 3.30. The van der Waals surface area contributed by atoms with Gasteiger partial charge in [-0.1, -0.05) is 12.1 Å². The Hall–Kier alpha value is -2.48. The standard InChI is InChI=1S/C18H18F3N3O2/c1-2-26-9-7-16(25)14-4-3-5-15-13(14)6-8-24(15)17-22-10-12(11-23-17)18(19,20)21/h3-5,10-11H,2,6-9H2,1H3. The number of hydrogen-bond acceptors (Lipinski definition) is 5. The number of carbonyl (C=O) groups is 1. The lowest BCUT2D eigenvalue weighted by Gasteiger charge is -2.18. The van der Waals surface area contributed by atoms with Crippen LogP contribution >= 0.6 is 0 Å². The highest BCUT2D eigenvalue weighted by Gasteiger charge is 2.32. The maximum Gasteiger partial charge on any atom is 0.419 e. The molecule has 5 nitrogen and oxygen atoms in total. The monoisotopic (exact) mass is 365 g/mol. The lowest BCUT2D eigenvalue weighted by Crippen LogP contribution is -2.17. The summed E-state index contributed by atoms with van der Waals surface area (Å²) >= 11 is 0. The van der Waals surface area contributed by atoms with Crippen LogP contribution in [-0.4, -0.2) is 35.5 Å². The quantitative estimate of drug-likeness (QED) is 0.576. The highest BCUT2D eigenvalue weighted by molar-refractivity contribution is 5.99. The average Bonchev–Trinajstić information content (AvgIpc) is 3.05. The van der Waals surface area contributed by atoms with E-state index in [9.17, 15) is 18.0 Å². The summed E-state index contributed by atoms with van der Waals surface area (Å²) in [6, 6.07) is 5.35. The van der Waals surface area contributed by atoms with Crippen LogP contribution in [0.15, 0.2) is 30.6 Å². The minimum atomic E-state index is -4.47. The first-order valence-corrected chi connectivity index (χ1v) is 8.31. The molecule has 0 saturated carbocycles. The Morgan fingerprint density at radius 2 is 2.00 bits per heavy atom. The minimum Gasteiger partial charge on any atom is -0.381 e. The third kappa shape index (κ3) is 3.70. The molecule has 138 valence electrons. The second-order valence-corrected chi connectivity index (χ2v) is 5.84. The highest BCUT2D eigenvalue weighted by atomic mass is 19.4. The molecule has 8 heteroatoms. The summed E-state index contributed by atoms with van der Waals surface area (Å²) in [5, 5.41) is 0. The molecule has 0 bridgehead atoms. The van der Waals surface area contributed by atoms with E-state index >= 15 is 0 Å². The average molecular weight is 365 g/mol. The van der Waals surface area contributed by atoms with E-state index in [1.54, 1.807) is 17.0 Å². The predicted molar refractivity (Wildman–Crippen MR) is 89.6 cm³/mol. The van der Waals surface area contributed by atoms with Crippen molar-refractivity contribution in [1.29, 1.82) is 0 Å². The summed E-state index contributed by atoms with van der Waals surface area (Å²) in [5.41, 5.74) is 1.36. The Kier molecular flexibility index (Phi) is 5.22. The zero-order chi connectivity index (χ0) is 18.7. The van der Waals surface area contributed by atoms with E-state index in [0.29, 0.717) is 38.2 Å². The lowest BCUT2D eigenvalue weighted by atomic mass is 10.00. The molecule has 1 aromatic carbocycles. The number of hydrogen-bond donors (Lipinski definition) is 0. The van der Waals surface area contributed by atoms with Gasteiger partial charge in [-0.2, -0.15) is 13.2 Å². The molecule has 0 fully saturated rings. The summed E-state index contributed by atoms with van der Waals surface area (Å²) in [5.74, 6) is 0.182. The van der Waals surface area contributed by atoms with Gasteiger partial charge in [-0.05, 0) is 25.0 Å². The zero-order valence-corrected chi connectivity index (χ0v) is 14.2. The maximum atomic E-state index is 12.7. The molecule has 1 aromatic heterocycles. The van der Waals surface area contributed by atoms with Crippen molar-refractivity contribution in [3.05, 3.63) is 47.3 Å².